The van der Waals surface area contributed by atoms with Crippen molar-refractivity contribution in [3.8, 4) is 57.5 Å². The fraction of sp³-hybridized carbons (Fsp3) is 0.286. The monoisotopic (exact) mass is 1500 g/mol. The lowest BCUT2D eigenvalue weighted by atomic mass is 9.87. The largest absolute Gasteiger partial charge is 0.493 e. The molecular weight excluding hydrogens is 1380 g/mol. The molecule has 0 bridgehead atoms. The topological polar surface area (TPSA) is 135 Å². The fourth-order valence-corrected chi connectivity index (χ4v) is 11.1. The summed E-state index contributed by atoms with van der Waals surface area (Å²) in [5.41, 5.74) is 20.4. The summed E-state index contributed by atoms with van der Waals surface area (Å²) < 4.78 is 56.4. The van der Waals surface area contributed by atoms with Crippen molar-refractivity contribution in [2.24, 2.45) is 0 Å². The van der Waals surface area contributed by atoms with E-state index in [1.165, 1.54) is 62.3 Å². The second-order valence-electron chi connectivity index (χ2n) is 28.9. The van der Waals surface area contributed by atoms with Gasteiger partial charge in [0.15, 0.2) is 57.5 Å². The molecule has 0 fully saturated rings. The molecular formula is C98H115NO12. The van der Waals surface area contributed by atoms with Gasteiger partial charge in [-0.2, -0.15) is 0 Å². The Morgan fingerprint density at radius 1 is 0.324 bits per heavy atom. The summed E-state index contributed by atoms with van der Waals surface area (Å²) in [7, 11) is 8.27. The van der Waals surface area contributed by atoms with Gasteiger partial charge >= 0.3 is 0 Å². The molecule has 0 saturated carbocycles. The van der Waals surface area contributed by atoms with Crippen LogP contribution in [0.5, 0.6) is 57.5 Å². The molecule has 0 heterocycles. The van der Waals surface area contributed by atoms with Gasteiger partial charge in [-0.3, -0.25) is 10.1 Å². The predicted molar refractivity (Wildman–Crippen MR) is 460 cm³/mol. The first-order chi connectivity index (χ1) is 53.2. The number of ether oxygens (including phenoxy) is 10. The van der Waals surface area contributed by atoms with E-state index in [-0.39, 0.29) is 11.1 Å². The van der Waals surface area contributed by atoms with Crippen LogP contribution in [0.25, 0.3) is 30.4 Å². The molecule has 584 valence electrons. The van der Waals surface area contributed by atoms with Gasteiger partial charge in [0.05, 0.1) is 53.7 Å². The molecule has 0 aromatic heterocycles. The third-order valence-corrected chi connectivity index (χ3v) is 16.7. The average Bonchev–Trinajstić information content (AvgIpc) is 0.867. The van der Waals surface area contributed by atoms with Crippen molar-refractivity contribution in [3.63, 3.8) is 0 Å². The van der Waals surface area contributed by atoms with E-state index in [0.717, 1.165) is 110 Å². The highest BCUT2D eigenvalue weighted by atomic mass is 16.6. The molecule has 0 saturated heterocycles. The summed E-state index contributed by atoms with van der Waals surface area (Å²) in [6.07, 6.45) is 13.5. The van der Waals surface area contributed by atoms with Gasteiger partial charge in [-0.25, -0.2) is 0 Å². The van der Waals surface area contributed by atoms with E-state index in [1.54, 1.807) is 47.7 Å². The quantitative estimate of drug-likeness (QED) is 0.0251. The van der Waals surface area contributed by atoms with Gasteiger partial charge in [0, 0.05) is 18.6 Å². The summed E-state index contributed by atoms with van der Waals surface area (Å²) >= 11 is 0. The predicted octanol–water partition coefficient (Wildman–Crippen LogP) is 25.5. The van der Waals surface area contributed by atoms with Crippen molar-refractivity contribution in [2.45, 2.75) is 141 Å². The van der Waals surface area contributed by atoms with Crippen LogP contribution < -0.4 is 47.4 Å². The third-order valence-electron chi connectivity index (χ3n) is 16.7. The van der Waals surface area contributed by atoms with Crippen LogP contribution in [-0.2, 0) is 38.1 Å². The zero-order valence-electron chi connectivity index (χ0n) is 68.8. The SMILES string of the molecule is COc1cc(C=C(C)C)ccc1OCc1ccc(C(C)(C)C)cc1.COc1cc(C=C(C)C)ccc1OCc1ccc([N+](=O)[O-])cc1.COc1ccc(C=C(C)C)cc1OCCCc1ccccc1.COc1ccc(C=C(C)C)cc1OCCc1ccccc1.COc1ccc(C=C(C)C)cc1OCc1ccc(C)cc1. The number of hydrogen-bond donors (Lipinski definition) is 0. The molecule has 10 rings (SSSR count). The lowest BCUT2D eigenvalue weighted by Gasteiger charge is -2.19. The number of non-ortho nitro benzene ring substituents is 1. The minimum Gasteiger partial charge on any atom is -0.493 e. The second-order valence-corrected chi connectivity index (χ2v) is 28.9. The van der Waals surface area contributed by atoms with Gasteiger partial charge in [0.1, 0.15) is 19.8 Å². The van der Waals surface area contributed by atoms with Crippen LogP contribution in [0.2, 0.25) is 0 Å². The van der Waals surface area contributed by atoms with E-state index in [2.05, 4.69) is 198 Å². The van der Waals surface area contributed by atoms with Crippen LogP contribution in [-0.4, -0.2) is 53.7 Å². The van der Waals surface area contributed by atoms with Crippen molar-refractivity contribution in [1.29, 1.82) is 0 Å². The molecule has 0 aliphatic carbocycles. The van der Waals surface area contributed by atoms with E-state index in [9.17, 15) is 10.1 Å². The summed E-state index contributed by atoms with van der Waals surface area (Å²) in [5, 5.41) is 10.6. The molecule has 10 aromatic carbocycles. The maximum absolute atomic E-state index is 10.6. The van der Waals surface area contributed by atoms with Crippen LogP contribution in [0.3, 0.4) is 0 Å². The standard InChI is InChI=1S/C22H28O2.C20H24O2.2C19H22O2.C18H19NO4/c1-16(2)13-18-9-12-20(21(14-18)23-6)24-15-17-7-10-19(11-8-17)22(3,4)5;1-16(2)14-18-11-12-19(21-3)20(15-18)22-13-7-10-17-8-5-4-6-9-17;1-14(2)11-17-9-10-18(20-4)19(12-17)21-13-16-7-5-15(3)6-8-16;1-15(2)13-17-9-10-18(20-3)19(14-17)21-12-11-16-7-5-4-6-8-16;1-13(2)10-15-6-9-17(18(11-15)22-3)23-12-14-4-7-16(8-5-14)19(20)21/h7-14H,15H2,1-6H3;4-6,8-9,11-12,14-15H,7,10,13H2,1-3H3;5-12H,13H2,1-4H3;4-10,13-14H,11-12H2,1-3H3;4-11H,12H2,1-3H3. The Morgan fingerprint density at radius 2 is 0.622 bits per heavy atom. The number of nitro groups is 1. The molecule has 0 amide bonds. The molecule has 13 heteroatoms. The molecule has 0 unspecified atom stereocenters. The highest BCUT2D eigenvalue weighted by Gasteiger charge is 2.15. The number of rotatable bonds is 29. The summed E-state index contributed by atoms with van der Waals surface area (Å²) in [6, 6.07) is 73.9. The van der Waals surface area contributed by atoms with Crippen molar-refractivity contribution in [3.05, 3.63) is 329 Å². The van der Waals surface area contributed by atoms with Crippen molar-refractivity contribution in [1.82, 2.24) is 0 Å². The minimum atomic E-state index is -0.421. The first-order valence-corrected chi connectivity index (χ1v) is 37.5. The highest BCUT2D eigenvalue weighted by molar-refractivity contribution is 5.62. The Morgan fingerprint density at radius 3 is 0.955 bits per heavy atom. The number of allylic oxidation sites excluding steroid dienone is 5. The van der Waals surface area contributed by atoms with Crippen LogP contribution in [0.15, 0.2) is 252 Å². The number of methoxy groups -OCH3 is 5. The van der Waals surface area contributed by atoms with E-state index in [0.29, 0.717) is 44.5 Å². The Labute approximate surface area is 661 Å². The molecule has 0 N–H and O–H groups in total. The average molecular weight is 1500 g/mol. The highest BCUT2D eigenvalue weighted by Crippen LogP contribution is 2.35. The maximum atomic E-state index is 10.6. The van der Waals surface area contributed by atoms with Crippen molar-refractivity contribution in [2.75, 3.05) is 48.8 Å². The number of nitrogens with zero attached hydrogens (tertiary/aromatic N) is 1. The normalized spacial score (nSPS) is 10.3. The first-order valence-electron chi connectivity index (χ1n) is 37.5. The van der Waals surface area contributed by atoms with E-state index >= 15 is 0 Å². The first kappa shape index (κ1) is 88.2. The molecule has 111 heavy (non-hydrogen) atoms. The third kappa shape index (κ3) is 32.6. The van der Waals surface area contributed by atoms with Crippen LogP contribution in [0, 0.1) is 17.0 Å². The number of nitro benzene ring substituents is 1. The molecule has 0 atom stereocenters. The lowest BCUT2D eigenvalue weighted by molar-refractivity contribution is -0.384. The zero-order valence-corrected chi connectivity index (χ0v) is 68.8. The molecule has 10 aromatic rings. The number of aryl methyl sites for hydroxylation is 2. The molecule has 0 aliphatic rings. The van der Waals surface area contributed by atoms with Crippen LogP contribution >= 0.6 is 0 Å². The van der Waals surface area contributed by atoms with Gasteiger partial charge in [-0.05, 0) is 228 Å². The van der Waals surface area contributed by atoms with E-state index < -0.39 is 4.92 Å². The maximum Gasteiger partial charge on any atom is 0.269 e. The van der Waals surface area contributed by atoms with E-state index in [1.807, 2.05) is 129 Å². The number of hydrogen-bond acceptors (Lipinski definition) is 12. The second kappa shape index (κ2) is 46.6. The van der Waals surface area contributed by atoms with E-state index in [4.69, 9.17) is 47.4 Å². The summed E-state index contributed by atoms with van der Waals surface area (Å²) in [4.78, 5) is 10.2. The summed E-state index contributed by atoms with van der Waals surface area (Å²) in [5.74, 6) is 7.51. The Balaban J connectivity index is 0.000000217. The van der Waals surface area contributed by atoms with Crippen LogP contribution in [0.4, 0.5) is 5.69 Å². The van der Waals surface area contributed by atoms with Gasteiger partial charge in [0.2, 0.25) is 0 Å². The minimum absolute atomic E-state index is 0.0670. The zero-order chi connectivity index (χ0) is 80.7. The molecule has 0 aliphatic heterocycles. The van der Waals surface area contributed by atoms with Crippen LogP contribution in [0.1, 0.15) is 163 Å². The Bertz CT molecular complexity index is 4620. The lowest BCUT2D eigenvalue weighted by Crippen LogP contribution is -2.10. The van der Waals surface area contributed by atoms with Crippen molar-refractivity contribution >= 4 is 36.1 Å². The molecule has 0 radical (unpaired) electrons. The van der Waals surface area contributed by atoms with Gasteiger partial charge < -0.3 is 47.4 Å². The van der Waals surface area contributed by atoms with Gasteiger partial charge in [0.25, 0.3) is 5.69 Å². The summed E-state index contributed by atoms with van der Waals surface area (Å²) in [6.45, 7) is 32.2. The molecule has 13 nitrogen and oxygen atoms in total. The van der Waals surface area contributed by atoms with Gasteiger partial charge in [-0.1, -0.05) is 224 Å². The molecule has 0 spiro atoms. The fourth-order valence-electron chi connectivity index (χ4n) is 11.1. The Hall–Kier alpha value is -11.7. The smallest absolute Gasteiger partial charge is 0.269 e. The number of benzene rings is 10. The van der Waals surface area contributed by atoms with Gasteiger partial charge in [-0.15, -0.1) is 0 Å². The Kier molecular flexibility index (Phi) is 37.0. The van der Waals surface area contributed by atoms with Crippen molar-refractivity contribution < 1.29 is 52.3 Å².